The molecule has 0 radical (unpaired) electrons. The summed E-state index contributed by atoms with van der Waals surface area (Å²) < 4.78 is 5.77. The van der Waals surface area contributed by atoms with E-state index in [1.165, 1.54) is 10.4 Å². The van der Waals surface area contributed by atoms with Crippen molar-refractivity contribution in [1.29, 1.82) is 0 Å². The summed E-state index contributed by atoms with van der Waals surface area (Å²) >= 11 is 1.75. The summed E-state index contributed by atoms with van der Waals surface area (Å²) in [5, 5.41) is 4.27. The maximum absolute atomic E-state index is 5.77. The molecule has 1 N–H and O–H groups in total. The molecule has 0 atom stereocenters. The molecule has 1 heterocycles. The van der Waals surface area contributed by atoms with Crippen LogP contribution in [-0.2, 0) is 19.4 Å². The standard InChI is InChI=1S/C15H20N2OS/c1-3-12-5-4-6-13(9-12)18-8-7-15-17-11-14(19-15)10-16-2/h4-6,9,11,16H,3,7-8,10H2,1-2H3. The molecule has 4 heteroatoms. The number of aromatic nitrogens is 1. The summed E-state index contributed by atoms with van der Waals surface area (Å²) in [6, 6.07) is 8.28. The van der Waals surface area contributed by atoms with Crippen LogP contribution in [0.15, 0.2) is 30.5 Å². The van der Waals surface area contributed by atoms with Crippen molar-refractivity contribution in [3.05, 3.63) is 45.9 Å². The minimum atomic E-state index is 0.680. The average molecular weight is 276 g/mol. The smallest absolute Gasteiger partial charge is 0.119 e. The maximum atomic E-state index is 5.77. The van der Waals surface area contributed by atoms with Crippen LogP contribution in [0.1, 0.15) is 22.4 Å². The van der Waals surface area contributed by atoms with E-state index < -0.39 is 0 Å². The first kappa shape index (κ1) is 14.0. The molecule has 0 aliphatic rings. The fraction of sp³-hybridized carbons (Fsp3) is 0.400. The Kier molecular flexibility index (Phi) is 5.36. The Morgan fingerprint density at radius 1 is 1.37 bits per heavy atom. The van der Waals surface area contributed by atoms with Gasteiger partial charge < -0.3 is 10.1 Å². The van der Waals surface area contributed by atoms with Crippen LogP contribution in [0.3, 0.4) is 0 Å². The lowest BCUT2D eigenvalue weighted by Gasteiger charge is -2.06. The zero-order chi connectivity index (χ0) is 13.5. The van der Waals surface area contributed by atoms with Crippen LogP contribution in [0.2, 0.25) is 0 Å². The molecule has 0 unspecified atom stereocenters. The Morgan fingerprint density at radius 3 is 3.05 bits per heavy atom. The van der Waals surface area contributed by atoms with Gasteiger partial charge in [0.25, 0.3) is 0 Å². The van der Waals surface area contributed by atoms with Crippen LogP contribution in [0, 0.1) is 0 Å². The quantitative estimate of drug-likeness (QED) is 0.844. The topological polar surface area (TPSA) is 34.1 Å². The largest absolute Gasteiger partial charge is 0.493 e. The maximum Gasteiger partial charge on any atom is 0.119 e. The third-order valence-corrected chi connectivity index (χ3v) is 3.90. The van der Waals surface area contributed by atoms with Crippen LogP contribution in [-0.4, -0.2) is 18.6 Å². The van der Waals surface area contributed by atoms with Crippen LogP contribution in [0.25, 0.3) is 0 Å². The second kappa shape index (κ2) is 7.26. The lowest BCUT2D eigenvalue weighted by Crippen LogP contribution is -2.02. The van der Waals surface area contributed by atoms with E-state index in [9.17, 15) is 0 Å². The number of hydrogen-bond donors (Lipinski definition) is 1. The average Bonchev–Trinajstić information content (AvgIpc) is 2.87. The van der Waals surface area contributed by atoms with E-state index >= 15 is 0 Å². The van der Waals surface area contributed by atoms with Crippen LogP contribution >= 0.6 is 11.3 Å². The summed E-state index contributed by atoms with van der Waals surface area (Å²) in [7, 11) is 1.95. The molecule has 0 bridgehead atoms. The third kappa shape index (κ3) is 4.33. The van der Waals surface area contributed by atoms with E-state index in [0.717, 1.165) is 30.1 Å². The predicted molar refractivity (Wildman–Crippen MR) is 79.9 cm³/mol. The Hall–Kier alpha value is -1.39. The minimum Gasteiger partial charge on any atom is -0.493 e. The van der Waals surface area contributed by atoms with Gasteiger partial charge in [-0.1, -0.05) is 19.1 Å². The Balaban J connectivity index is 1.81. The van der Waals surface area contributed by atoms with Crippen LogP contribution in [0.4, 0.5) is 0 Å². The van der Waals surface area contributed by atoms with Gasteiger partial charge in [0.05, 0.1) is 11.6 Å². The molecule has 19 heavy (non-hydrogen) atoms. The van der Waals surface area contributed by atoms with Gasteiger partial charge >= 0.3 is 0 Å². The molecular formula is C15H20N2OS. The highest BCUT2D eigenvalue weighted by atomic mass is 32.1. The van der Waals surface area contributed by atoms with E-state index in [1.54, 1.807) is 11.3 Å². The first-order chi connectivity index (χ1) is 9.31. The number of thiazole rings is 1. The van der Waals surface area contributed by atoms with E-state index in [4.69, 9.17) is 4.74 Å². The SMILES string of the molecule is CCc1cccc(OCCc2ncc(CNC)s2)c1. The van der Waals surface area contributed by atoms with Gasteiger partial charge in [0, 0.05) is 24.0 Å². The third-order valence-electron chi connectivity index (χ3n) is 2.84. The van der Waals surface area contributed by atoms with Gasteiger partial charge in [-0.2, -0.15) is 0 Å². The molecule has 102 valence electrons. The summed E-state index contributed by atoms with van der Waals surface area (Å²) in [5.74, 6) is 0.950. The molecule has 0 aliphatic carbocycles. The van der Waals surface area contributed by atoms with Crippen molar-refractivity contribution in [1.82, 2.24) is 10.3 Å². The van der Waals surface area contributed by atoms with Crippen molar-refractivity contribution in [3.63, 3.8) is 0 Å². The number of nitrogens with one attached hydrogen (secondary N) is 1. The number of aryl methyl sites for hydroxylation is 1. The van der Waals surface area contributed by atoms with Crippen molar-refractivity contribution in [3.8, 4) is 5.75 Å². The molecule has 3 nitrogen and oxygen atoms in total. The van der Waals surface area contributed by atoms with Gasteiger partial charge in [0.1, 0.15) is 5.75 Å². The van der Waals surface area contributed by atoms with Crippen molar-refractivity contribution < 1.29 is 4.74 Å². The van der Waals surface area contributed by atoms with Gasteiger partial charge in [-0.15, -0.1) is 11.3 Å². The molecule has 0 amide bonds. The molecule has 0 fully saturated rings. The van der Waals surface area contributed by atoms with Crippen molar-refractivity contribution in [2.45, 2.75) is 26.3 Å². The number of benzene rings is 1. The highest BCUT2D eigenvalue weighted by Crippen LogP contribution is 2.16. The van der Waals surface area contributed by atoms with Gasteiger partial charge in [-0.3, -0.25) is 0 Å². The molecule has 0 saturated carbocycles. The van der Waals surface area contributed by atoms with E-state index in [-0.39, 0.29) is 0 Å². The van der Waals surface area contributed by atoms with Gasteiger partial charge in [-0.05, 0) is 31.2 Å². The molecule has 1 aromatic carbocycles. The molecule has 0 spiro atoms. The monoisotopic (exact) mass is 276 g/mol. The Bertz CT molecular complexity index is 510. The number of nitrogens with zero attached hydrogens (tertiary/aromatic N) is 1. The summed E-state index contributed by atoms with van der Waals surface area (Å²) in [6.07, 6.45) is 3.84. The van der Waals surface area contributed by atoms with Gasteiger partial charge in [0.15, 0.2) is 0 Å². The second-order valence-electron chi connectivity index (χ2n) is 4.35. The zero-order valence-corrected chi connectivity index (χ0v) is 12.3. The molecule has 2 rings (SSSR count). The minimum absolute atomic E-state index is 0.680. The fourth-order valence-corrected chi connectivity index (χ4v) is 2.75. The highest BCUT2D eigenvalue weighted by molar-refractivity contribution is 7.11. The van der Waals surface area contributed by atoms with Gasteiger partial charge in [-0.25, -0.2) is 4.98 Å². The van der Waals surface area contributed by atoms with Crippen molar-refractivity contribution in [2.24, 2.45) is 0 Å². The number of hydrogen-bond acceptors (Lipinski definition) is 4. The van der Waals surface area contributed by atoms with Gasteiger partial charge in [0.2, 0.25) is 0 Å². The van der Waals surface area contributed by atoms with Crippen molar-refractivity contribution >= 4 is 11.3 Å². The number of rotatable bonds is 7. The first-order valence-corrected chi connectivity index (χ1v) is 7.43. The lowest BCUT2D eigenvalue weighted by molar-refractivity contribution is 0.321. The fourth-order valence-electron chi connectivity index (χ4n) is 1.83. The highest BCUT2D eigenvalue weighted by Gasteiger charge is 2.02. The molecule has 0 aliphatic heterocycles. The first-order valence-electron chi connectivity index (χ1n) is 6.61. The van der Waals surface area contributed by atoms with Crippen molar-refractivity contribution in [2.75, 3.05) is 13.7 Å². The zero-order valence-electron chi connectivity index (χ0n) is 11.5. The lowest BCUT2D eigenvalue weighted by atomic mass is 10.2. The molecule has 2 aromatic rings. The molecule has 0 saturated heterocycles. The van der Waals surface area contributed by atoms with E-state index in [1.807, 2.05) is 25.4 Å². The van der Waals surface area contributed by atoms with E-state index in [0.29, 0.717) is 6.61 Å². The Labute approximate surface area is 118 Å². The number of ether oxygens (including phenoxy) is 1. The summed E-state index contributed by atoms with van der Waals surface area (Å²) in [5.41, 5.74) is 1.31. The van der Waals surface area contributed by atoms with Crippen LogP contribution in [0.5, 0.6) is 5.75 Å². The second-order valence-corrected chi connectivity index (χ2v) is 5.55. The summed E-state index contributed by atoms with van der Waals surface area (Å²) in [6.45, 7) is 3.72. The van der Waals surface area contributed by atoms with Crippen LogP contribution < -0.4 is 10.1 Å². The Morgan fingerprint density at radius 2 is 2.26 bits per heavy atom. The normalized spacial score (nSPS) is 10.6. The molecular weight excluding hydrogens is 256 g/mol. The molecule has 1 aromatic heterocycles. The predicted octanol–water partition coefficient (Wildman–Crippen LogP) is 3.05. The van der Waals surface area contributed by atoms with E-state index in [2.05, 4.69) is 29.4 Å². The summed E-state index contributed by atoms with van der Waals surface area (Å²) in [4.78, 5) is 5.67.